The van der Waals surface area contributed by atoms with Crippen LogP contribution in [0.2, 0.25) is 5.02 Å². The third-order valence-electron chi connectivity index (χ3n) is 2.97. The monoisotopic (exact) mass is 249 g/mol. The second-order valence-corrected chi connectivity index (χ2v) is 4.74. The van der Waals surface area contributed by atoms with Gasteiger partial charge < -0.3 is 5.32 Å². The van der Waals surface area contributed by atoms with Crippen LogP contribution in [-0.2, 0) is 4.79 Å². The maximum Gasteiger partial charge on any atom is 0.160 e. The fraction of sp³-hybridized carbons (Fsp3) is 0.357. The van der Waals surface area contributed by atoms with Crippen LogP contribution in [0.1, 0.15) is 32.1 Å². The summed E-state index contributed by atoms with van der Waals surface area (Å²) >= 11 is 5.81. The SMILES string of the molecule is O=C1CCCCC/C1=C\Nc1ccc(Cl)cc1. The highest BCUT2D eigenvalue weighted by atomic mass is 35.5. The Labute approximate surface area is 107 Å². The van der Waals surface area contributed by atoms with Crippen LogP contribution >= 0.6 is 11.6 Å². The maximum absolute atomic E-state index is 11.8. The largest absolute Gasteiger partial charge is 0.361 e. The van der Waals surface area contributed by atoms with Gasteiger partial charge in [0.15, 0.2) is 5.78 Å². The van der Waals surface area contributed by atoms with Gasteiger partial charge in [0.2, 0.25) is 0 Å². The van der Waals surface area contributed by atoms with Gasteiger partial charge in [-0.05, 0) is 43.5 Å². The fourth-order valence-corrected chi connectivity index (χ4v) is 2.07. The highest BCUT2D eigenvalue weighted by Crippen LogP contribution is 2.20. The van der Waals surface area contributed by atoms with Crippen LogP contribution in [0.25, 0.3) is 0 Å². The van der Waals surface area contributed by atoms with Crippen molar-refractivity contribution in [2.75, 3.05) is 5.32 Å². The molecule has 1 aliphatic carbocycles. The molecule has 2 rings (SSSR count). The van der Waals surface area contributed by atoms with E-state index in [1.165, 1.54) is 0 Å². The third-order valence-corrected chi connectivity index (χ3v) is 3.22. The number of Topliss-reactive ketones (excluding diaryl/α,β-unsaturated/α-hetero) is 1. The minimum atomic E-state index is 0.281. The van der Waals surface area contributed by atoms with E-state index in [0.717, 1.165) is 36.9 Å². The van der Waals surface area contributed by atoms with Crippen LogP contribution in [0.5, 0.6) is 0 Å². The van der Waals surface area contributed by atoms with Gasteiger partial charge in [-0.2, -0.15) is 0 Å². The third kappa shape index (κ3) is 3.60. The lowest BCUT2D eigenvalue weighted by Gasteiger charge is -2.04. The zero-order chi connectivity index (χ0) is 12.1. The number of allylic oxidation sites excluding steroid dienone is 1. The van der Waals surface area contributed by atoms with E-state index < -0.39 is 0 Å². The predicted molar refractivity (Wildman–Crippen MR) is 71.2 cm³/mol. The molecule has 1 aliphatic rings. The number of rotatable bonds is 2. The Balaban J connectivity index is 2.03. The minimum Gasteiger partial charge on any atom is -0.361 e. The van der Waals surface area contributed by atoms with Crippen LogP contribution < -0.4 is 5.32 Å². The molecule has 0 unspecified atom stereocenters. The highest BCUT2D eigenvalue weighted by molar-refractivity contribution is 6.30. The molecule has 0 amide bonds. The maximum atomic E-state index is 11.8. The molecule has 0 aromatic heterocycles. The summed E-state index contributed by atoms with van der Waals surface area (Å²) in [4.78, 5) is 11.8. The van der Waals surface area contributed by atoms with Crippen molar-refractivity contribution in [1.29, 1.82) is 0 Å². The summed E-state index contributed by atoms with van der Waals surface area (Å²) in [6.07, 6.45) is 6.71. The van der Waals surface area contributed by atoms with E-state index in [-0.39, 0.29) is 5.78 Å². The van der Waals surface area contributed by atoms with Gasteiger partial charge in [0.1, 0.15) is 0 Å². The number of carbonyl (C=O) groups excluding carboxylic acids is 1. The molecule has 1 N–H and O–H groups in total. The van der Waals surface area contributed by atoms with Gasteiger partial charge in [0.05, 0.1) is 0 Å². The van der Waals surface area contributed by atoms with E-state index in [1.807, 2.05) is 30.5 Å². The van der Waals surface area contributed by atoms with E-state index in [9.17, 15) is 4.79 Å². The second-order valence-electron chi connectivity index (χ2n) is 4.30. The topological polar surface area (TPSA) is 29.1 Å². The number of hydrogen-bond acceptors (Lipinski definition) is 2. The average Bonchev–Trinajstić information content (AvgIpc) is 2.54. The fourth-order valence-electron chi connectivity index (χ4n) is 1.95. The van der Waals surface area contributed by atoms with Crippen molar-refractivity contribution in [2.24, 2.45) is 0 Å². The number of benzene rings is 1. The molecule has 0 spiro atoms. The summed E-state index contributed by atoms with van der Waals surface area (Å²) in [5.41, 5.74) is 1.87. The quantitative estimate of drug-likeness (QED) is 0.630. The standard InChI is InChI=1S/C14H16ClNO/c15-12-6-8-13(9-7-12)16-10-11-4-2-1-3-5-14(11)17/h6-10,16H,1-5H2/b11-10+. The molecule has 17 heavy (non-hydrogen) atoms. The minimum absolute atomic E-state index is 0.281. The number of carbonyl (C=O) groups is 1. The molecule has 2 nitrogen and oxygen atoms in total. The van der Waals surface area contributed by atoms with Gasteiger partial charge >= 0.3 is 0 Å². The Kier molecular flexibility index (Phi) is 4.21. The first-order chi connectivity index (χ1) is 8.25. The second kappa shape index (κ2) is 5.87. The molecule has 90 valence electrons. The zero-order valence-electron chi connectivity index (χ0n) is 9.71. The van der Waals surface area contributed by atoms with Crippen LogP contribution in [0.4, 0.5) is 5.69 Å². The molecule has 1 fully saturated rings. The summed E-state index contributed by atoms with van der Waals surface area (Å²) in [6.45, 7) is 0. The Hall–Kier alpha value is -1.28. The summed E-state index contributed by atoms with van der Waals surface area (Å²) in [5.74, 6) is 0.281. The lowest BCUT2D eigenvalue weighted by Crippen LogP contribution is -2.02. The molecule has 1 saturated carbocycles. The Morgan fingerprint density at radius 2 is 1.76 bits per heavy atom. The van der Waals surface area contributed by atoms with Crippen LogP contribution in [-0.4, -0.2) is 5.78 Å². The molecule has 1 aromatic rings. The first kappa shape index (κ1) is 12.2. The van der Waals surface area contributed by atoms with Gasteiger partial charge in [-0.25, -0.2) is 0 Å². The summed E-state index contributed by atoms with van der Waals surface area (Å²) in [6, 6.07) is 7.47. The molecule has 0 atom stereocenters. The highest BCUT2D eigenvalue weighted by Gasteiger charge is 2.12. The van der Waals surface area contributed by atoms with Crippen molar-refractivity contribution >= 4 is 23.1 Å². The molecular formula is C14H16ClNO. The van der Waals surface area contributed by atoms with E-state index in [4.69, 9.17) is 11.6 Å². The number of hydrogen-bond donors (Lipinski definition) is 1. The molecule has 3 heteroatoms. The molecule has 0 aliphatic heterocycles. The summed E-state index contributed by atoms with van der Waals surface area (Å²) < 4.78 is 0. The first-order valence-electron chi connectivity index (χ1n) is 6.00. The van der Waals surface area contributed by atoms with E-state index in [2.05, 4.69) is 5.32 Å². The number of nitrogens with one attached hydrogen (secondary N) is 1. The van der Waals surface area contributed by atoms with Crippen LogP contribution in [0.3, 0.4) is 0 Å². The summed E-state index contributed by atoms with van der Waals surface area (Å²) in [5, 5.41) is 3.87. The Morgan fingerprint density at radius 1 is 1.06 bits per heavy atom. The van der Waals surface area contributed by atoms with Gasteiger partial charge in [0, 0.05) is 28.9 Å². The normalized spacial score (nSPS) is 19.1. The van der Waals surface area contributed by atoms with Crippen LogP contribution in [0, 0.1) is 0 Å². The molecule has 0 saturated heterocycles. The Bertz CT molecular complexity index is 422. The molecule has 0 heterocycles. The van der Waals surface area contributed by atoms with Crippen molar-refractivity contribution in [3.05, 3.63) is 41.1 Å². The average molecular weight is 250 g/mol. The van der Waals surface area contributed by atoms with Crippen molar-refractivity contribution in [3.8, 4) is 0 Å². The molecule has 0 radical (unpaired) electrons. The van der Waals surface area contributed by atoms with E-state index >= 15 is 0 Å². The number of halogens is 1. The van der Waals surface area contributed by atoms with Crippen molar-refractivity contribution < 1.29 is 4.79 Å². The lowest BCUT2D eigenvalue weighted by molar-refractivity contribution is -0.115. The molecule has 1 aromatic carbocycles. The van der Waals surface area contributed by atoms with Crippen molar-refractivity contribution in [1.82, 2.24) is 0 Å². The van der Waals surface area contributed by atoms with Gasteiger partial charge in [-0.1, -0.05) is 18.0 Å². The molecule has 0 bridgehead atoms. The predicted octanol–water partition coefficient (Wildman–Crippen LogP) is 4.17. The van der Waals surface area contributed by atoms with Crippen molar-refractivity contribution in [2.45, 2.75) is 32.1 Å². The van der Waals surface area contributed by atoms with Crippen molar-refractivity contribution in [3.63, 3.8) is 0 Å². The smallest absolute Gasteiger partial charge is 0.160 e. The van der Waals surface area contributed by atoms with E-state index in [1.54, 1.807) is 0 Å². The first-order valence-corrected chi connectivity index (χ1v) is 6.38. The van der Waals surface area contributed by atoms with Crippen LogP contribution in [0.15, 0.2) is 36.0 Å². The van der Waals surface area contributed by atoms with Gasteiger partial charge in [-0.15, -0.1) is 0 Å². The molecular weight excluding hydrogens is 234 g/mol. The van der Waals surface area contributed by atoms with Gasteiger partial charge in [0.25, 0.3) is 0 Å². The number of ketones is 1. The van der Waals surface area contributed by atoms with Gasteiger partial charge in [-0.3, -0.25) is 4.79 Å². The zero-order valence-corrected chi connectivity index (χ0v) is 10.5. The summed E-state index contributed by atoms with van der Waals surface area (Å²) in [7, 11) is 0. The number of anilines is 1. The lowest BCUT2D eigenvalue weighted by atomic mass is 10.1. The Morgan fingerprint density at radius 3 is 2.53 bits per heavy atom. The van der Waals surface area contributed by atoms with E-state index in [0.29, 0.717) is 11.4 Å².